The van der Waals surface area contributed by atoms with Crippen molar-refractivity contribution in [3.8, 4) is 11.5 Å². The smallest absolute Gasteiger partial charge is 0.534 e. The normalized spacial score (nSPS) is 15.9. The van der Waals surface area contributed by atoms with Gasteiger partial charge < -0.3 is 29.6 Å². The number of amides is 1. The van der Waals surface area contributed by atoms with E-state index in [1.165, 1.54) is 6.07 Å². The minimum atomic E-state index is -1.38. The highest BCUT2D eigenvalue weighted by Crippen LogP contribution is 2.34. The third-order valence-electron chi connectivity index (χ3n) is 4.05. The summed E-state index contributed by atoms with van der Waals surface area (Å²) in [6.45, 7) is 6.05. The standard InChI is InChI=1S/C18H24BNO8/c1-5-14(22)20-13-7-10-6-11(21)8-12(15(10)28-19(13)25)16(23)26-9-27-17(24)18(2,3)4/h6,8,13,21,25H,5,7,9H2,1-4H3,(H,20,22)/t13-/m0/s1. The third-order valence-corrected chi connectivity index (χ3v) is 4.05. The van der Waals surface area contributed by atoms with Crippen molar-refractivity contribution in [3.05, 3.63) is 23.3 Å². The maximum Gasteiger partial charge on any atom is 0.547 e. The van der Waals surface area contributed by atoms with Crippen molar-refractivity contribution in [1.82, 2.24) is 5.32 Å². The summed E-state index contributed by atoms with van der Waals surface area (Å²) in [7, 11) is -1.38. The fourth-order valence-electron chi connectivity index (χ4n) is 2.52. The number of carbonyl (C=O) groups is 3. The number of fused-ring (bicyclic) bond motifs is 1. The molecule has 0 unspecified atom stereocenters. The zero-order valence-corrected chi connectivity index (χ0v) is 16.3. The largest absolute Gasteiger partial charge is 0.547 e. The predicted octanol–water partition coefficient (Wildman–Crippen LogP) is 0.945. The van der Waals surface area contributed by atoms with E-state index in [0.717, 1.165) is 6.07 Å². The third kappa shape index (κ3) is 5.16. The van der Waals surface area contributed by atoms with Crippen molar-refractivity contribution in [2.24, 2.45) is 5.41 Å². The first-order valence-electron chi connectivity index (χ1n) is 8.87. The zero-order valence-electron chi connectivity index (χ0n) is 16.3. The van der Waals surface area contributed by atoms with Crippen molar-refractivity contribution in [2.45, 2.75) is 46.5 Å². The van der Waals surface area contributed by atoms with Gasteiger partial charge in [-0.2, -0.15) is 0 Å². The number of aromatic hydroxyl groups is 1. The first kappa shape index (κ1) is 21.6. The molecule has 0 saturated carbocycles. The molecule has 3 N–H and O–H groups in total. The lowest BCUT2D eigenvalue weighted by Crippen LogP contribution is -2.53. The fraction of sp³-hybridized carbons (Fsp3) is 0.500. The minimum absolute atomic E-state index is 0.0412. The number of hydrogen-bond acceptors (Lipinski definition) is 8. The molecule has 0 fully saturated rings. The molecule has 1 amide bonds. The van der Waals surface area contributed by atoms with Gasteiger partial charge in [0.1, 0.15) is 17.1 Å². The Morgan fingerprint density at radius 2 is 1.96 bits per heavy atom. The Hall–Kier alpha value is -2.75. The molecule has 9 nitrogen and oxygen atoms in total. The zero-order chi connectivity index (χ0) is 21.1. The van der Waals surface area contributed by atoms with Crippen molar-refractivity contribution in [3.63, 3.8) is 0 Å². The lowest BCUT2D eigenvalue weighted by Gasteiger charge is -2.29. The van der Waals surface area contributed by atoms with E-state index in [2.05, 4.69) is 5.32 Å². The van der Waals surface area contributed by atoms with Gasteiger partial charge in [0.25, 0.3) is 0 Å². The fourth-order valence-corrected chi connectivity index (χ4v) is 2.52. The summed E-state index contributed by atoms with van der Waals surface area (Å²) in [5.74, 6) is -2.59. The average molecular weight is 393 g/mol. The number of rotatable bonds is 5. The Balaban J connectivity index is 2.14. The van der Waals surface area contributed by atoms with Gasteiger partial charge in [0.2, 0.25) is 12.7 Å². The summed E-state index contributed by atoms with van der Waals surface area (Å²) in [6, 6.07) is 2.51. The quantitative estimate of drug-likeness (QED) is 0.383. The number of phenols is 1. The number of hydrogen-bond donors (Lipinski definition) is 3. The molecule has 152 valence electrons. The lowest BCUT2D eigenvalue weighted by atomic mass is 9.72. The van der Waals surface area contributed by atoms with Crippen molar-refractivity contribution >= 4 is 25.0 Å². The molecule has 0 spiro atoms. The highest BCUT2D eigenvalue weighted by atomic mass is 16.7. The van der Waals surface area contributed by atoms with Crippen molar-refractivity contribution in [2.75, 3.05) is 6.79 Å². The second-order valence-electron chi connectivity index (χ2n) is 7.45. The molecule has 0 radical (unpaired) electrons. The maximum atomic E-state index is 12.4. The molecule has 2 rings (SSSR count). The molecular formula is C18H24BNO8. The molecule has 1 heterocycles. The molecule has 0 saturated heterocycles. The predicted molar refractivity (Wildman–Crippen MR) is 98.5 cm³/mol. The van der Waals surface area contributed by atoms with Crippen LogP contribution in [0.3, 0.4) is 0 Å². The summed E-state index contributed by atoms with van der Waals surface area (Å²) < 4.78 is 15.2. The molecule has 1 aliphatic rings. The molecule has 0 bridgehead atoms. The van der Waals surface area contributed by atoms with Crippen LogP contribution in [0.15, 0.2) is 12.1 Å². The number of phenolic OH excluding ortho intramolecular Hbond substituents is 1. The number of carbonyl (C=O) groups excluding carboxylic acids is 3. The second-order valence-corrected chi connectivity index (χ2v) is 7.45. The van der Waals surface area contributed by atoms with Gasteiger partial charge in [-0.25, -0.2) is 4.79 Å². The van der Waals surface area contributed by atoms with E-state index < -0.39 is 37.2 Å². The number of ether oxygens (including phenoxy) is 2. The maximum absolute atomic E-state index is 12.4. The van der Waals surface area contributed by atoms with Gasteiger partial charge >= 0.3 is 19.1 Å². The van der Waals surface area contributed by atoms with E-state index >= 15 is 0 Å². The Morgan fingerprint density at radius 3 is 2.57 bits per heavy atom. The van der Waals surface area contributed by atoms with E-state index in [1.807, 2.05) is 0 Å². The topological polar surface area (TPSA) is 131 Å². The van der Waals surface area contributed by atoms with Crippen LogP contribution in [0.1, 0.15) is 50.0 Å². The summed E-state index contributed by atoms with van der Waals surface area (Å²) in [5.41, 5.74) is -0.451. The summed E-state index contributed by atoms with van der Waals surface area (Å²) in [6.07, 6.45) is 0.386. The van der Waals surface area contributed by atoms with Crippen LogP contribution in [0.4, 0.5) is 0 Å². The van der Waals surface area contributed by atoms with Gasteiger partial charge in [0, 0.05) is 6.42 Å². The summed E-state index contributed by atoms with van der Waals surface area (Å²) in [4.78, 5) is 35.7. The molecule has 0 aliphatic carbocycles. The first-order valence-corrected chi connectivity index (χ1v) is 8.87. The number of benzene rings is 1. The SMILES string of the molecule is CCC(=O)N[C@H]1Cc2cc(O)cc(C(=O)OCOC(=O)C(C)(C)C)c2OB1O. The molecule has 28 heavy (non-hydrogen) atoms. The highest BCUT2D eigenvalue weighted by molar-refractivity contribution is 6.47. The summed E-state index contributed by atoms with van der Waals surface area (Å²) >= 11 is 0. The van der Waals surface area contributed by atoms with Crippen LogP contribution >= 0.6 is 0 Å². The Labute approximate surface area is 163 Å². The van der Waals surface area contributed by atoms with Gasteiger partial charge in [-0.3, -0.25) is 9.59 Å². The molecule has 0 aromatic heterocycles. The Bertz CT molecular complexity index is 774. The van der Waals surface area contributed by atoms with E-state index in [4.69, 9.17) is 14.1 Å². The van der Waals surface area contributed by atoms with Crippen LogP contribution in [0.5, 0.6) is 11.5 Å². The van der Waals surface area contributed by atoms with E-state index in [9.17, 15) is 24.5 Å². The summed E-state index contributed by atoms with van der Waals surface area (Å²) in [5, 5.41) is 22.7. The number of nitrogens with one attached hydrogen (secondary N) is 1. The molecule has 1 atom stereocenters. The molecule has 1 aliphatic heterocycles. The Kier molecular flexibility index (Phi) is 6.55. The first-order chi connectivity index (χ1) is 13.0. The van der Waals surface area contributed by atoms with Gasteiger partial charge in [-0.05, 0) is 44.9 Å². The van der Waals surface area contributed by atoms with E-state index in [0.29, 0.717) is 5.56 Å². The lowest BCUT2D eigenvalue weighted by molar-refractivity contribution is -0.161. The molecule has 1 aromatic carbocycles. The van der Waals surface area contributed by atoms with E-state index in [-0.39, 0.29) is 35.8 Å². The van der Waals surface area contributed by atoms with Gasteiger partial charge in [-0.15, -0.1) is 0 Å². The molecule has 1 aromatic rings. The van der Waals surface area contributed by atoms with Gasteiger partial charge in [0.15, 0.2) is 0 Å². The Morgan fingerprint density at radius 1 is 1.29 bits per heavy atom. The molecule has 10 heteroatoms. The monoisotopic (exact) mass is 393 g/mol. The van der Waals surface area contributed by atoms with Crippen LogP contribution in [-0.4, -0.2) is 47.8 Å². The van der Waals surface area contributed by atoms with Crippen LogP contribution < -0.4 is 9.97 Å². The van der Waals surface area contributed by atoms with Crippen LogP contribution in [-0.2, 0) is 25.5 Å². The van der Waals surface area contributed by atoms with Crippen LogP contribution in [0, 0.1) is 5.41 Å². The average Bonchev–Trinajstić information content (AvgIpc) is 2.60. The van der Waals surface area contributed by atoms with Gasteiger partial charge in [-0.1, -0.05) is 6.92 Å². The van der Waals surface area contributed by atoms with Crippen molar-refractivity contribution < 1.29 is 38.6 Å². The molecular weight excluding hydrogens is 369 g/mol. The second kappa shape index (κ2) is 8.51. The van der Waals surface area contributed by atoms with Crippen molar-refractivity contribution in [1.29, 1.82) is 0 Å². The van der Waals surface area contributed by atoms with E-state index in [1.54, 1.807) is 27.7 Å². The van der Waals surface area contributed by atoms with Crippen LogP contribution in [0.25, 0.3) is 0 Å². The highest BCUT2D eigenvalue weighted by Gasteiger charge is 2.38. The van der Waals surface area contributed by atoms with Crippen LogP contribution in [0.2, 0.25) is 0 Å². The minimum Gasteiger partial charge on any atom is -0.534 e. The van der Waals surface area contributed by atoms with Gasteiger partial charge in [0.05, 0.1) is 11.4 Å². The number of esters is 2.